The first-order chi connectivity index (χ1) is 10.3. The number of rotatable bonds is 3. The average molecular weight is 301 g/mol. The second-order valence-corrected chi connectivity index (χ2v) is 5.95. The molecule has 0 radical (unpaired) electrons. The lowest BCUT2D eigenvalue weighted by Gasteiger charge is -2.18. The predicted molar refractivity (Wildman–Crippen MR) is 86.0 cm³/mol. The van der Waals surface area contributed by atoms with Crippen LogP contribution in [0, 0.1) is 0 Å². The number of fused-ring (bicyclic) bond motifs is 1. The number of carbonyl (C=O) groups excluding carboxylic acids is 1. The van der Waals surface area contributed by atoms with E-state index in [1.165, 1.54) is 18.4 Å². The van der Waals surface area contributed by atoms with Gasteiger partial charge in [0, 0.05) is 17.7 Å². The van der Waals surface area contributed by atoms with E-state index in [2.05, 4.69) is 5.32 Å². The molecule has 5 nitrogen and oxygen atoms in total. The molecule has 22 heavy (non-hydrogen) atoms. The van der Waals surface area contributed by atoms with Crippen LogP contribution in [-0.2, 0) is 4.79 Å². The summed E-state index contributed by atoms with van der Waals surface area (Å²) in [4.78, 5) is 24.1. The third-order valence-corrected chi connectivity index (χ3v) is 2.92. The summed E-state index contributed by atoms with van der Waals surface area (Å²) in [6, 6.07) is 4.99. The van der Waals surface area contributed by atoms with Crippen molar-refractivity contribution >= 4 is 23.0 Å². The summed E-state index contributed by atoms with van der Waals surface area (Å²) < 4.78 is 10.5. The molecule has 0 saturated heterocycles. The smallest absolute Gasteiger partial charge is 0.244 e. The SMILES string of the molecule is COc1ccc2c(=O)c(/C=C/C(=O)NC(C)(C)C)coc2c1. The van der Waals surface area contributed by atoms with Crippen LogP contribution >= 0.6 is 0 Å². The maximum absolute atomic E-state index is 12.3. The summed E-state index contributed by atoms with van der Waals surface area (Å²) in [5.74, 6) is 0.352. The van der Waals surface area contributed by atoms with Gasteiger partial charge in [-0.3, -0.25) is 9.59 Å². The van der Waals surface area contributed by atoms with Crippen molar-refractivity contribution in [2.45, 2.75) is 26.3 Å². The molecule has 2 aromatic rings. The summed E-state index contributed by atoms with van der Waals surface area (Å²) in [7, 11) is 1.55. The Balaban J connectivity index is 2.31. The molecule has 5 heteroatoms. The van der Waals surface area contributed by atoms with E-state index in [9.17, 15) is 9.59 Å². The lowest BCUT2D eigenvalue weighted by molar-refractivity contribution is -0.117. The molecule has 0 aliphatic carbocycles. The summed E-state index contributed by atoms with van der Waals surface area (Å²) in [5.41, 5.74) is 0.248. The van der Waals surface area contributed by atoms with Crippen LogP contribution in [0.4, 0.5) is 0 Å². The van der Waals surface area contributed by atoms with E-state index in [1.807, 2.05) is 20.8 Å². The number of nitrogens with one attached hydrogen (secondary N) is 1. The number of carbonyl (C=O) groups is 1. The zero-order valence-corrected chi connectivity index (χ0v) is 13.1. The second kappa shape index (κ2) is 6.05. The molecule has 1 heterocycles. The molecule has 0 unspecified atom stereocenters. The standard InChI is InChI=1S/C17H19NO4/c1-17(2,3)18-15(19)8-5-11-10-22-14-9-12(21-4)6-7-13(14)16(11)20/h5-10H,1-4H3,(H,18,19)/b8-5+. The van der Waals surface area contributed by atoms with Crippen molar-refractivity contribution in [3.05, 3.63) is 46.3 Å². The molecule has 1 amide bonds. The first-order valence-corrected chi connectivity index (χ1v) is 6.90. The maximum atomic E-state index is 12.3. The van der Waals surface area contributed by atoms with Gasteiger partial charge in [-0.05, 0) is 39.0 Å². The van der Waals surface area contributed by atoms with E-state index >= 15 is 0 Å². The molecular formula is C17H19NO4. The van der Waals surface area contributed by atoms with Crippen LogP contribution in [0.2, 0.25) is 0 Å². The van der Waals surface area contributed by atoms with E-state index in [-0.39, 0.29) is 16.9 Å². The third-order valence-electron chi connectivity index (χ3n) is 2.92. The van der Waals surface area contributed by atoms with Crippen molar-refractivity contribution in [1.29, 1.82) is 0 Å². The van der Waals surface area contributed by atoms with Gasteiger partial charge >= 0.3 is 0 Å². The summed E-state index contributed by atoms with van der Waals surface area (Å²) in [6.07, 6.45) is 4.12. The Morgan fingerprint density at radius 2 is 2.05 bits per heavy atom. The molecule has 0 aliphatic rings. The molecule has 0 atom stereocenters. The minimum atomic E-state index is -0.327. The second-order valence-electron chi connectivity index (χ2n) is 5.95. The Labute approximate surface area is 128 Å². The van der Waals surface area contributed by atoms with Crippen LogP contribution in [-0.4, -0.2) is 18.6 Å². The molecule has 1 N–H and O–H groups in total. The van der Waals surface area contributed by atoms with Gasteiger partial charge in [0.1, 0.15) is 17.6 Å². The number of methoxy groups -OCH3 is 1. The van der Waals surface area contributed by atoms with Gasteiger partial charge in [0.2, 0.25) is 5.91 Å². The fourth-order valence-electron chi connectivity index (χ4n) is 1.94. The van der Waals surface area contributed by atoms with Crippen molar-refractivity contribution < 1.29 is 13.9 Å². The van der Waals surface area contributed by atoms with Gasteiger partial charge in [-0.2, -0.15) is 0 Å². The molecule has 0 fully saturated rings. The first kappa shape index (κ1) is 15.8. The Morgan fingerprint density at radius 1 is 1.32 bits per heavy atom. The molecule has 0 aliphatic heterocycles. The van der Waals surface area contributed by atoms with Gasteiger partial charge in [0.15, 0.2) is 5.43 Å². The van der Waals surface area contributed by atoms with Crippen molar-refractivity contribution in [2.24, 2.45) is 0 Å². The average Bonchev–Trinajstić information content (AvgIpc) is 2.44. The van der Waals surface area contributed by atoms with Gasteiger partial charge in [0.05, 0.1) is 18.1 Å². The number of hydrogen-bond acceptors (Lipinski definition) is 4. The highest BCUT2D eigenvalue weighted by molar-refractivity contribution is 5.92. The van der Waals surface area contributed by atoms with E-state index in [4.69, 9.17) is 9.15 Å². The van der Waals surface area contributed by atoms with Crippen molar-refractivity contribution in [3.63, 3.8) is 0 Å². The summed E-state index contributed by atoms with van der Waals surface area (Å²) in [6.45, 7) is 5.66. The quantitative estimate of drug-likeness (QED) is 0.885. The summed E-state index contributed by atoms with van der Waals surface area (Å²) in [5, 5.41) is 3.23. The lowest BCUT2D eigenvalue weighted by Crippen LogP contribution is -2.39. The Hall–Kier alpha value is -2.56. The van der Waals surface area contributed by atoms with E-state index in [0.29, 0.717) is 22.3 Å². The van der Waals surface area contributed by atoms with Crippen LogP contribution in [0.5, 0.6) is 5.75 Å². The zero-order chi connectivity index (χ0) is 16.3. The van der Waals surface area contributed by atoms with E-state index in [1.54, 1.807) is 25.3 Å². The van der Waals surface area contributed by atoms with Gasteiger partial charge in [0.25, 0.3) is 0 Å². The van der Waals surface area contributed by atoms with Gasteiger partial charge in [-0.25, -0.2) is 0 Å². The van der Waals surface area contributed by atoms with Gasteiger partial charge in [-0.15, -0.1) is 0 Å². The van der Waals surface area contributed by atoms with Crippen LogP contribution in [0.15, 0.2) is 39.7 Å². The number of ether oxygens (including phenoxy) is 1. The van der Waals surface area contributed by atoms with E-state index < -0.39 is 0 Å². The normalized spacial score (nSPS) is 11.8. The Morgan fingerprint density at radius 3 is 2.68 bits per heavy atom. The fourth-order valence-corrected chi connectivity index (χ4v) is 1.94. The Kier molecular flexibility index (Phi) is 4.35. The van der Waals surface area contributed by atoms with Crippen LogP contribution < -0.4 is 15.5 Å². The van der Waals surface area contributed by atoms with Crippen molar-refractivity contribution in [1.82, 2.24) is 5.32 Å². The topological polar surface area (TPSA) is 68.5 Å². The molecule has 0 saturated carbocycles. The van der Waals surface area contributed by atoms with Crippen LogP contribution in [0.1, 0.15) is 26.3 Å². The molecule has 0 spiro atoms. The molecular weight excluding hydrogens is 282 g/mol. The fraction of sp³-hybridized carbons (Fsp3) is 0.294. The van der Waals surface area contributed by atoms with Crippen LogP contribution in [0.25, 0.3) is 17.0 Å². The highest BCUT2D eigenvalue weighted by Crippen LogP contribution is 2.19. The summed E-state index contributed by atoms with van der Waals surface area (Å²) >= 11 is 0. The predicted octanol–water partition coefficient (Wildman–Crippen LogP) is 2.73. The zero-order valence-electron chi connectivity index (χ0n) is 13.1. The highest BCUT2D eigenvalue weighted by Gasteiger charge is 2.12. The number of amides is 1. The largest absolute Gasteiger partial charge is 0.497 e. The maximum Gasteiger partial charge on any atom is 0.244 e. The Bertz CT molecular complexity index is 781. The highest BCUT2D eigenvalue weighted by atomic mass is 16.5. The third kappa shape index (κ3) is 3.75. The minimum Gasteiger partial charge on any atom is -0.497 e. The van der Waals surface area contributed by atoms with Gasteiger partial charge in [-0.1, -0.05) is 0 Å². The van der Waals surface area contributed by atoms with Crippen molar-refractivity contribution in [3.8, 4) is 5.75 Å². The molecule has 116 valence electrons. The first-order valence-electron chi connectivity index (χ1n) is 6.90. The van der Waals surface area contributed by atoms with Crippen LogP contribution in [0.3, 0.4) is 0 Å². The molecule has 2 rings (SSSR count). The van der Waals surface area contributed by atoms with Crippen molar-refractivity contribution in [2.75, 3.05) is 7.11 Å². The monoisotopic (exact) mass is 301 g/mol. The lowest BCUT2D eigenvalue weighted by atomic mass is 10.1. The molecule has 1 aromatic heterocycles. The number of hydrogen-bond donors (Lipinski definition) is 1. The molecule has 0 bridgehead atoms. The van der Waals surface area contributed by atoms with Gasteiger partial charge < -0.3 is 14.5 Å². The molecule has 1 aromatic carbocycles. The minimum absolute atomic E-state index is 0.191. The number of benzene rings is 1. The van der Waals surface area contributed by atoms with E-state index in [0.717, 1.165) is 0 Å².